The molecule has 4 aromatic rings. The number of hydrogen-bond acceptors (Lipinski definition) is 3. The van der Waals surface area contributed by atoms with Gasteiger partial charge in [0, 0.05) is 32.7 Å². The van der Waals surface area contributed by atoms with Crippen molar-refractivity contribution in [2.45, 2.75) is 13.5 Å². The molecule has 4 rings (SSSR count). The number of nitrogens with zero attached hydrogens (tertiary/aromatic N) is 2. The van der Waals surface area contributed by atoms with Gasteiger partial charge in [0.25, 0.3) is 0 Å². The molecule has 5 nitrogen and oxygen atoms in total. The van der Waals surface area contributed by atoms with E-state index in [-0.39, 0.29) is 6.61 Å². The number of ether oxygens (including phenoxy) is 1. The minimum Gasteiger partial charge on any atom is -0.461 e. The summed E-state index contributed by atoms with van der Waals surface area (Å²) in [7, 11) is 0. The average molecular weight is 414 g/mol. The number of carbonyl (C=O) groups is 1. The van der Waals surface area contributed by atoms with Gasteiger partial charge in [0.2, 0.25) is 0 Å². The van der Waals surface area contributed by atoms with Gasteiger partial charge in [0.15, 0.2) is 0 Å². The highest BCUT2D eigenvalue weighted by Gasteiger charge is 2.20. The number of benzene rings is 2. The quantitative estimate of drug-likeness (QED) is 0.435. The van der Waals surface area contributed by atoms with E-state index in [0.29, 0.717) is 28.0 Å². The Bertz CT molecular complexity index is 1160. The number of fused-ring (bicyclic) bond motifs is 1. The molecule has 0 spiro atoms. The van der Waals surface area contributed by atoms with Gasteiger partial charge >= 0.3 is 5.97 Å². The molecule has 1 N–H and O–H groups in total. The third kappa shape index (κ3) is 3.51. The molecule has 142 valence electrons. The third-order valence-corrected chi connectivity index (χ3v) is 5.05. The normalized spacial score (nSPS) is 11.1. The van der Waals surface area contributed by atoms with E-state index >= 15 is 0 Å². The fourth-order valence-electron chi connectivity index (χ4n) is 3.13. The number of halogens is 2. The lowest BCUT2D eigenvalue weighted by atomic mass is 10.1. The summed E-state index contributed by atoms with van der Waals surface area (Å²) in [6.45, 7) is 2.38. The van der Waals surface area contributed by atoms with Crippen molar-refractivity contribution in [3.8, 4) is 11.3 Å². The third-order valence-electron chi connectivity index (χ3n) is 4.46. The zero-order valence-corrected chi connectivity index (χ0v) is 16.6. The Morgan fingerprint density at radius 2 is 2.00 bits per heavy atom. The maximum atomic E-state index is 12.5. The number of hydrogen-bond donors (Lipinski definition) is 1. The van der Waals surface area contributed by atoms with Gasteiger partial charge < -0.3 is 9.72 Å². The Kier molecular flexibility index (Phi) is 5.11. The van der Waals surface area contributed by atoms with Crippen LogP contribution in [0.15, 0.2) is 54.7 Å². The molecule has 0 aliphatic heterocycles. The average Bonchev–Trinajstić information content (AvgIpc) is 3.28. The summed E-state index contributed by atoms with van der Waals surface area (Å²) in [5, 5.41) is 6.78. The van der Waals surface area contributed by atoms with Crippen LogP contribution >= 0.6 is 23.2 Å². The van der Waals surface area contributed by atoms with Crippen LogP contribution in [0.3, 0.4) is 0 Å². The first-order valence-electron chi connectivity index (χ1n) is 8.82. The van der Waals surface area contributed by atoms with E-state index in [1.54, 1.807) is 29.8 Å². The van der Waals surface area contributed by atoms with Gasteiger partial charge in [-0.05, 0) is 36.8 Å². The predicted molar refractivity (Wildman–Crippen MR) is 111 cm³/mol. The predicted octanol–water partition coefficient (Wildman–Crippen LogP) is 5.56. The van der Waals surface area contributed by atoms with Gasteiger partial charge in [-0.1, -0.05) is 47.5 Å². The van der Waals surface area contributed by atoms with E-state index in [1.807, 2.05) is 36.5 Å². The van der Waals surface area contributed by atoms with E-state index in [0.717, 1.165) is 22.0 Å². The molecule has 0 unspecified atom stereocenters. The van der Waals surface area contributed by atoms with Crippen molar-refractivity contribution >= 4 is 40.1 Å². The summed E-state index contributed by atoms with van der Waals surface area (Å²) in [6, 6.07) is 15.0. The molecular formula is C21H17Cl2N3O2. The number of para-hydroxylation sites is 1. The molecule has 0 fully saturated rings. The Morgan fingerprint density at radius 3 is 2.79 bits per heavy atom. The lowest BCUT2D eigenvalue weighted by Gasteiger charge is -2.08. The fourth-order valence-corrected chi connectivity index (χ4v) is 3.60. The monoisotopic (exact) mass is 413 g/mol. The summed E-state index contributed by atoms with van der Waals surface area (Å²) in [6.07, 6.45) is 1.89. The van der Waals surface area contributed by atoms with Crippen molar-refractivity contribution < 1.29 is 9.53 Å². The molecule has 28 heavy (non-hydrogen) atoms. The van der Waals surface area contributed by atoms with E-state index in [1.165, 1.54) is 0 Å². The van der Waals surface area contributed by atoms with Crippen molar-refractivity contribution in [2.24, 2.45) is 0 Å². The fraction of sp³-hybridized carbons (Fsp3) is 0.143. The highest BCUT2D eigenvalue weighted by Crippen LogP contribution is 2.29. The molecule has 0 amide bonds. The molecular weight excluding hydrogens is 397 g/mol. The lowest BCUT2D eigenvalue weighted by Crippen LogP contribution is -2.14. The number of aromatic nitrogens is 3. The van der Waals surface area contributed by atoms with Crippen LogP contribution in [0.25, 0.3) is 22.2 Å². The Morgan fingerprint density at radius 1 is 1.18 bits per heavy atom. The molecule has 2 aromatic carbocycles. The van der Waals surface area contributed by atoms with Crippen LogP contribution in [0.4, 0.5) is 0 Å². The first kappa shape index (κ1) is 18.6. The second kappa shape index (κ2) is 7.70. The summed E-state index contributed by atoms with van der Waals surface area (Å²) in [5.74, 6) is -0.425. The van der Waals surface area contributed by atoms with Crippen molar-refractivity contribution in [2.75, 3.05) is 6.61 Å². The minimum absolute atomic E-state index is 0.286. The smallest absolute Gasteiger partial charge is 0.356 e. The van der Waals surface area contributed by atoms with Gasteiger partial charge in [-0.2, -0.15) is 5.10 Å². The number of rotatable bonds is 5. The van der Waals surface area contributed by atoms with Crippen LogP contribution in [-0.4, -0.2) is 27.3 Å². The van der Waals surface area contributed by atoms with Crippen molar-refractivity contribution in [3.05, 3.63) is 76.0 Å². The SMILES string of the molecule is CCOC(=O)c1cc(-c2c[nH]c3ccccc23)nn1Cc1ccc(Cl)cc1Cl. The summed E-state index contributed by atoms with van der Waals surface area (Å²) >= 11 is 12.3. The Labute approximate surface area is 171 Å². The number of esters is 1. The molecule has 0 saturated heterocycles. The van der Waals surface area contributed by atoms with Crippen molar-refractivity contribution in [1.29, 1.82) is 0 Å². The van der Waals surface area contributed by atoms with E-state index in [9.17, 15) is 4.79 Å². The van der Waals surface area contributed by atoms with Gasteiger partial charge in [0.05, 0.1) is 18.8 Å². The molecule has 0 aliphatic carbocycles. The summed E-state index contributed by atoms with van der Waals surface area (Å²) in [4.78, 5) is 15.7. The van der Waals surface area contributed by atoms with Gasteiger partial charge in [-0.25, -0.2) is 4.79 Å². The second-order valence-electron chi connectivity index (χ2n) is 6.28. The van der Waals surface area contributed by atoms with Gasteiger partial charge in [0.1, 0.15) is 5.69 Å². The highest BCUT2D eigenvalue weighted by molar-refractivity contribution is 6.35. The van der Waals surface area contributed by atoms with Crippen LogP contribution in [0.5, 0.6) is 0 Å². The first-order valence-corrected chi connectivity index (χ1v) is 9.58. The van der Waals surface area contributed by atoms with Crippen LogP contribution in [0, 0.1) is 0 Å². The highest BCUT2D eigenvalue weighted by atomic mass is 35.5. The van der Waals surface area contributed by atoms with E-state index in [2.05, 4.69) is 10.1 Å². The standard InChI is InChI=1S/C21H17Cl2N3O2/c1-2-28-21(27)20-10-19(16-11-24-18-6-4-3-5-15(16)18)25-26(20)12-13-7-8-14(22)9-17(13)23/h3-11,24H,2,12H2,1H3. The largest absolute Gasteiger partial charge is 0.461 e. The Hall–Kier alpha value is -2.76. The number of H-pyrrole nitrogens is 1. The molecule has 2 heterocycles. The second-order valence-corrected chi connectivity index (χ2v) is 7.12. The molecule has 0 bridgehead atoms. The van der Waals surface area contributed by atoms with Crippen LogP contribution in [-0.2, 0) is 11.3 Å². The van der Waals surface area contributed by atoms with Crippen molar-refractivity contribution in [3.63, 3.8) is 0 Å². The first-order chi connectivity index (χ1) is 13.6. The molecule has 7 heteroatoms. The minimum atomic E-state index is -0.425. The maximum absolute atomic E-state index is 12.5. The molecule has 0 saturated carbocycles. The van der Waals surface area contributed by atoms with Gasteiger partial charge in [-0.15, -0.1) is 0 Å². The maximum Gasteiger partial charge on any atom is 0.356 e. The van der Waals surface area contributed by atoms with Crippen LogP contribution in [0.1, 0.15) is 23.0 Å². The number of carbonyl (C=O) groups excluding carboxylic acids is 1. The van der Waals surface area contributed by atoms with E-state index < -0.39 is 5.97 Å². The van der Waals surface area contributed by atoms with Crippen molar-refractivity contribution in [1.82, 2.24) is 14.8 Å². The summed E-state index contributed by atoms with van der Waals surface area (Å²) < 4.78 is 6.83. The molecule has 0 radical (unpaired) electrons. The topological polar surface area (TPSA) is 59.9 Å². The molecule has 2 aromatic heterocycles. The number of aromatic amines is 1. The summed E-state index contributed by atoms with van der Waals surface area (Å²) in [5.41, 5.74) is 3.79. The lowest BCUT2D eigenvalue weighted by molar-refractivity contribution is 0.0512. The number of nitrogens with one attached hydrogen (secondary N) is 1. The molecule has 0 aliphatic rings. The van der Waals surface area contributed by atoms with E-state index in [4.69, 9.17) is 27.9 Å². The Balaban J connectivity index is 1.79. The zero-order valence-electron chi connectivity index (χ0n) is 15.1. The van der Waals surface area contributed by atoms with Crippen LogP contribution < -0.4 is 0 Å². The zero-order chi connectivity index (χ0) is 19.7. The van der Waals surface area contributed by atoms with Gasteiger partial charge in [-0.3, -0.25) is 4.68 Å². The molecule has 0 atom stereocenters. The van der Waals surface area contributed by atoms with Crippen LogP contribution in [0.2, 0.25) is 10.0 Å².